The van der Waals surface area contributed by atoms with E-state index in [1.165, 1.54) is 6.07 Å². The van der Waals surface area contributed by atoms with Gasteiger partial charge in [-0.25, -0.2) is 14.4 Å². The first-order valence-corrected chi connectivity index (χ1v) is 7.71. The molecule has 0 aliphatic rings. The van der Waals surface area contributed by atoms with E-state index in [0.29, 0.717) is 36.0 Å². The molecule has 0 atom stereocenters. The van der Waals surface area contributed by atoms with Crippen LogP contribution in [0.5, 0.6) is 0 Å². The van der Waals surface area contributed by atoms with Gasteiger partial charge in [0.25, 0.3) is 5.91 Å². The number of aromatic nitrogens is 2. The van der Waals surface area contributed by atoms with Gasteiger partial charge in [-0.15, -0.1) is 0 Å². The molecule has 1 heterocycles. The fourth-order valence-corrected chi connectivity index (χ4v) is 2.07. The second-order valence-corrected chi connectivity index (χ2v) is 5.24. The molecule has 0 aliphatic heterocycles. The lowest BCUT2D eigenvalue weighted by molar-refractivity contribution is 0.0948. The third-order valence-electron chi connectivity index (χ3n) is 3.30. The number of carbonyl (C=O) groups excluding carboxylic acids is 1. The molecule has 23 heavy (non-hydrogen) atoms. The lowest BCUT2D eigenvalue weighted by Crippen LogP contribution is -2.25. The number of nitrogens with one attached hydrogen (secondary N) is 2. The average Bonchev–Trinajstić information content (AvgIpc) is 2.54. The van der Waals surface area contributed by atoms with Gasteiger partial charge >= 0.3 is 0 Å². The number of benzene rings is 1. The molecular formula is C17H21FN4O. The van der Waals surface area contributed by atoms with E-state index in [1.54, 1.807) is 31.2 Å². The van der Waals surface area contributed by atoms with Crippen LogP contribution in [0.1, 0.15) is 41.6 Å². The predicted molar refractivity (Wildman–Crippen MR) is 87.7 cm³/mol. The first-order chi connectivity index (χ1) is 11.1. The summed E-state index contributed by atoms with van der Waals surface area (Å²) in [6.45, 7) is 4.69. The van der Waals surface area contributed by atoms with Crippen LogP contribution in [0.15, 0.2) is 30.3 Å². The first-order valence-electron chi connectivity index (χ1n) is 7.71. The summed E-state index contributed by atoms with van der Waals surface area (Å²) in [7, 11) is 0. The van der Waals surface area contributed by atoms with Gasteiger partial charge in [0.05, 0.1) is 0 Å². The Balaban J connectivity index is 2.05. The minimum atomic E-state index is -0.275. The number of unbranched alkanes of at least 4 members (excludes halogenated alkanes) is 1. The molecule has 122 valence electrons. The molecule has 2 rings (SSSR count). The van der Waals surface area contributed by atoms with Crippen LogP contribution in [-0.2, 0) is 6.54 Å². The summed E-state index contributed by atoms with van der Waals surface area (Å²) in [6, 6.07) is 8.11. The Morgan fingerprint density at radius 3 is 2.78 bits per heavy atom. The fourth-order valence-electron chi connectivity index (χ4n) is 2.07. The van der Waals surface area contributed by atoms with Crippen molar-refractivity contribution in [3.8, 4) is 0 Å². The highest BCUT2D eigenvalue weighted by Gasteiger charge is 2.10. The Morgan fingerprint density at radius 2 is 2.04 bits per heavy atom. The smallest absolute Gasteiger partial charge is 0.270 e. The van der Waals surface area contributed by atoms with Crippen molar-refractivity contribution in [3.05, 3.63) is 53.2 Å². The van der Waals surface area contributed by atoms with Crippen LogP contribution in [-0.4, -0.2) is 22.4 Å². The minimum Gasteiger partial charge on any atom is -0.366 e. The number of nitrogens with zero attached hydrogens (tertiary/aromatic N) is 2. The third kappa shape index (κ3) is 5.02. The molecule has 2 aromatic rings. The second-order valence-electron chi connectivity index (χ2n) is 5.24. The SMILES string of the molecule is CCCCNC(=O)c1cc(NCc2ccccc2F)nc(C)n1. The Kier molecular flexibility index (Phi) is 6.02. The van der Waals surface area contributed by atoms with Gasteiger partial charge in [0.2, 0.25) is 0 Å². The predicted octanol–water partition coefficient (Wildman–Crippen LogP) is 3.07. The molecule has 0 radical (unpaired) electrons. The number of carbonyl (C=O) groups is 1. The number of hydrogen-bond donors (Lipinski definition) is 2. The summed E-state index contributed by atoms with van der Waals surface area (Å²) in [5.41, 5.74) is 0.849. The van der Waals surface area contributed by atoms with Crippen LogP contribution in [0.2, 0.25) is 0 Å². The Labute approximate surface area is 135 Å². The number of anilines is 1. The molecular weight excluding hydrogens is 295 g/mol. The molecule has 0 saturated carbocycles. The molecule has 1 amide bonds. The number of aryl methyl sites for hydroxylation is 1. The minimum absolute atomic E-state index is 0.224. The standard InChI is InChI=1S/C17H21FN4O/c1-3-4-9-19-17(23)15-10-16(22-12(2)21-15)20-11-13-7-5-6-8-14(13)18/h5-8,10H,3-4,9,11H2,1-2H3,(H,19,23)(H,20,21,22). The van der Waals surface area contributed by atoms with E-state index in [1.807, 2.05) is 0 Å². The van der Waals surface area contributed by atoms with E-state index in [4.69, 9.17) is 0 Å². The lowest BCUT2D eigenvalue weighted by atomic mass is 10.2. The summed E-state index contributed by atoms with van der Waals surface area (Å²) < 4.78 is 13.6. The molecule has 0 aliphatic carbocycles. The maximum absolute atomic E-state index is 13.6. The monoisotopic (exact) mass is 316 g/mol. The first kappa shape index (κ1) is 16.9. The highest BCUT2D eigenvalue weighted by Crippen LogP contribution is 2.11. The number of rotatable bonds is 7. The van der Waals surface area contributed by atoms with Crippen molar-refractivity contribution in [2.75, 3.05) is 11.9 Å². The van der Waals surface area contributed by atoms with Crippen molar-refractivity contribution in [3.63, 3.8) is 0 Å². The Bertz CT molecular complexity index is 675. The van der Waals surface area contributed by atoms with Crippen molar-refractivity contribution in [2.45, 2.75) is 33.2 Å². The Morgan fingerprint density at radius 1 is 1.26 bits per heavy atom. The molecule has 5 nitrogen and oxygen atoms in total. The Hall–Kier alpha value is -2.50. The maximum atomic E-state index is 13.6. The van der Waals surface area contributed by atoms with Crippen LogP contribution in [0, 0.1) is 12.7 Å². The number of halogens is 1. The van der Waals surface area contributed by atoms with Gasteiger partial charge in [-0.05, 0) is 19.4 Å². The molecule has 0 fully saturated rings. The van der Waals surface area contributed by atoms with E-state index >= 15 is 0 Å². The lowest BCUT2D eigenvalue weighted by Gasteiger charge is -2.09. The van der Waals surface area contributed by atoms with Crippen molar-refractivity contribution in [2.24, 2.45) is 0 Å². The fraction of sp³-hybridized carbons (Fsp3) is 0.353. The van der Waals surface area contributed by atoms with Gasteiger partial charge in [-0.2, -0.15) is 0 Å². The van der Waals surface area contributed by atoms with Crippen LogP contribution in [0.4, 0.5) is 10.2 Å². The normalized spacial score (nSPS) is 10.4. The molecule has 0 unspecified atom stereocenters. The third-order valence-corrected chi connectivity index (χ3v) is 3.30. The summed E-state index contributed by atoms with van der Waals surface area (Å²) in [5, 5.41) is 5.85. The largest absolute Gasteiger partial charge is 0.366 e. The summed E-state index contributed by atoms with van der Waals surface area (Å²) in [4.78, 5) is 20.4. The van der Waals surface area contributed by atoms with Crippen molar-refractivity contribution in [1.82, 2.24) is 15.3 Å². The zero-order valence-corrected chi connectivity index (χ0v) is 13.4. The molecule has 1 aromatic carbocycles. The summed E-state index contributed by atoms with van der Waals surface area (Å²) in [6.07, 6.45) is 1.94. The highest BCUT2D eigenvalue weighted by molar-refractivity contribution is 5.92. The van der Waals surface area contributed by atoms with Crippen molar-refractivity contribution in [1.29, 1.82) is 0 Å². The maximum Gasteiger partial charge on any atom is 0.270 e. The molecule has 0 saturated heterocycles. The zero-order chi connectivity index (χ0) is 16.7. The molecule has 1 aromatic heterocycles. The van der Waals surface area contributed by atoms with Crippen LogP contribution in [0.3, 0.4) is 0 Å². The summed E-state index contributed by atoms with van der Waals surface area (Å²) in [5.74, 6) is 0.492. The molecule has 2 N–H and O–H groups in total. The van der Waals surface area contributed by atoms with Gasteiger partial charge in [-0.3, -0.25) is 4.79 Å². The topological polar surface area (TPSA) is 66.9 Å². The average molecular weight is 316 g/mol. The van der Waals surface area contributed by atoms with E-state index in [0.717, 1.165) is 12.8 Å². The number of hydrogen-bond acceptors (Lipinski definition) is 4. The van der Waals surface area contributed by atoms with Gasteiger partial charge in [0.15, 0.2) is 0 Å². The van der Waals surface area contributed by atoms with Gasteiger partial charge in [0.1, 0.15) is 23.2 Å². The van der Waals surface area contributed by atoms with Crippen LogP contribution in [0.25, 0.3) is 0 Å². The molecule has 0 spiro atoms. The number of amides is 1. The van der Waals surface area contributed by atoms with Gasteiger partial charge in [-0.1, -0.05) is 31.5 Å². The van der Waals surface area contributed by atoms with E-state index in [-0.39, 0.29) is 11.7 Å². The van der Waals surface area contributed by atoms with Gasteiger partial charge < -0.3 is 10.6 Å². The van der Waals surface area contributed by atoms with Crippen LogP contribution < -0.4 is 10.6 Å². The van der Waals surface area contributed by atoms with Crippen LogP contribution >= 0.6 is 0 Å². The van der Waals surface area contributed by atoms with Crippen molar-refractivity contribution < 1.29 is 9.18 Å². The van der Waals surface area contributed by atoms with E-state index in [2.05, 4.69) is 27.5 Å². The molecule has 0 bridgehead atoms. The second kappa shape index (κ2) is 8.22. The van der Waals surface area contributed by atoms with E-state index in [9.17, 15) is 9.18 Å². The quantitative estimate of drug-likeness (QED) is 0.770. The van der Waals surface area contributed by atoms with Crippen molar-refractivity contribution >= 4 is 11.7 Å². The molecule has 6 heteroatoms. The highest BCUT2D eigenvalue weighted by atomic mass is 19.1. The zero-order valence-electron chi connectivity index (χ0n) is 13.4. The van der Waals surface area contributed by atoms with Gasteiger partial charge in [0, 0.05) is 24.7 Å². The summed E-state index contributed by atoms with van der Waals surface area (Å²) >= 11 is 0. The van der Waals surface area contributed by atoms with E-state index < -0.39 is 0 Å².